The van der Waals surface area contributed by atoms with Crippen LogP contribution < -0.4 is 14.8 Å². The van der Waals surface area contributed by atoms with Crippen LogP contribution in [-0.2, 0) is 9.53 Å². The number of ether oxygens (including phenoxy) is 3. The van der Waals surface area contributed by atoms with E-state index < -0.39 is 5.97 Å². The third kappa shape index (κ3) is 5.03. The molecule has 0 aliphatic heterocycles. The van der Waals surface area contributed by atoms with Crippen LogP contribution in [0.2, 0.25) is 0 Å². The summed E-state index contributed by atoms with van der Waals surface area (Å²) in [5.41, 5.74) is 2.13. The van der Waals surface area contributed by atoms with Crippen LogP contribution in [0.1, 0.15) is 16.1 Å². The summed E-state index contributed by atoms with van der Waals surface area (Å²) in [6, 6.07) is 14.7. The first-order valence-electron chi connectivity index (χ1n) is 8.85. The molecule has 0 spiro atoms. The lowest BCUT2D eigenvalue weighted by Gasteiger charge is -2.08. The standard InChI is InChI=1S/C21H22N2O5/c1-14-4-3-5-17(10-14)27-9-8-22-20(24)13-28-21(25)19-11-15-6-7-16(26-2)12-18(15)23-19/h3-7,10-12,23H,8-9,13H2,1-2H3,(H,22,24). The van der Waals surface area contributed by atoms with Crippen molar-refractivity contribution in [1.29, 1.82) is 0 Å². The maximum absolute atomic E-state index is 12.1. The maximum Gasteiger partial charge on any atom is 0.355 e. The summed E-state index contributed by atoms with van der Waals surface area (Å²) in [6.45, 7) is 2.26. The number of nitrogens with one attached hydrogen (secondary N) is 2. The number of benzene rings is 2. The molecule has 7 heteroatoms. The highest BCUT2D eigenvalue weighted by molar-refractivity contribution is 5.96. The molecule has 1 heterocycles. The number of hydrogen-bond acceptors (Lipinski definition) is 5. The van der Waals surface area contributed by atoms with E-state index >= 15 is 0 Å². The van der Waals surface area contributed by atoms with E-state index in [0.717, 1.165) is 22.2 Å². The fourth-order valence-corrected chi connectivity index (χ4v) is 2.67. The van der Waals surface area contributed by atoms with Crippen LogP contribution in [-0.4, -0.2) is 43.7 Å². The monoisotopic (exact) mass is 382 g/mol. The largest absolute Gasteiger partial charge is 0.497 e. The van der Waals surface area contributed by atoms with Gasteiger partial charge in [0.25, 0.3) is 5.91 Å². The second-order valence-corrected chi connectivity index (χ2v) is 6.23. The van der Waals surface area contributed by atoms with Crippen LogP contribution in [0.15, 0.2) is 48.5 Å². The Morgan fingerprint density at radius 2 is 1.93 bits per heavy atom. The highest BCUT2D eigenvalue weighted by Crippen LogP contribution is 2.21. The van der Waals surface area contributed by atoms with Crippen molar-refractivity contribution in [2.45, 2.75) is 6.92 Å². The fraction of sp³-hybridized carbons (Fsp3) is 0.238. The Kier molecular flexibility index (Phi) is 6.16. The van der Waals surface area contributed by atoms with Crippen molar-refractivity contribution >= 4 is 22.8 Å². The van der Waals surface area contributed by atoms with Crippen LogP contribution in [0.3, 0.4) is 0 Å². The zero-order chi connectivity index (χ0) is 19.9. The molecule has 3 rings (SSSR count). The molecule has 3 aromatic rings. The van der Waals surface area contributed by atoms with Crippen LogP contribution >= 0.6 is 0 Å². The third-order valence-electron chi connectivity index (χ3n) is 4.07. The normalized spacial score (nSPS) is 10.5. The average Bonchev–Trinajstić information content (AvgIpc) is 3.12. The maximum atomic E-state index is 12.1. The van der Waals surface area contributed by atoms with Gasteiger partial charge in [-0.3, -0.25) is 4.79 Å². The Hall–Kier alpha value is -3.48. The average molecular weight is 382 g/mol. The molecule has 146 valence electrons. The number of hydrogen-bond donors (Lipinski definition) is 2. The number of H-pyrrole nitrogens is 1. The van der Waals surface area contributed by atoms with Crippen molar-refractivity contribution in [1.82, 2.24) is 10.3 Å². The molecule has 1 amide bonds. The fourth-order valence-electron chi connectivity index (χ4n) is 2.67. The summed E-state index contributed by atoms with van der Waals surface area (Å²) in [4.78, 5) is 26.9. The van der Waals surface area contributed by atoms with Gasteiger partial charge in [0, 0.05) is 17.0 Å². The molecule has 28 heavy (non-hydrogen) atoms. The zero-order valence-corrected chi connectivity index (χ0v) is 15.8. The molecule has 7 nitrogen and oxygen atoms in total. The number of carbonyl (C=O) groups excluding carboxylic acids is 2. The molecule has 2 N–H and O–H groups in total. The molecule has 0 atom stereocenters. The molecule has 0 saturated carbocycles. The van der Waals surface area contributed by atoms with Crippen molar-refractivity contribution < 1.29 is 23.8 Å². The smallest absolute Gasteiger partial charge is 0.355 e. The van der Waals surface area contributed by atoms with Crippen molar-refractivity contribution in [3.8, 4) is 11.5 Å². The first-order chi connectivity index (χ1) is 13.5. The van der Waals surface area contributed by atoms with Gasteiger partial charge in [0.15, 0.2) is 6.61 Å². The van der Waals surface area contributed by atoms with Crippen molar-refractivity contribution in [3.05, 3.63) is 59.8 Å². The second-order valence-electron chi connectivity index (χ2n) is 6.23. The number of aromatic amines is 1. The summed E-state index contributed by atoms with van der Waals surface area (Å²) < 4.78 is 15.8. The van der Waals surface area contributed by atoms with E-state index in [1.807, 2.05) is 37.3 Å². The topological polar surface area (TPSA) is 89.7 Å². The summed E-state index contributed by atoms with van der Waals surface area (Å²) in [5, 5.41) is 3.50. The van der Waals surface area contributed by atoms with E-state index in [4.69, 9.17) is 14.2 Å². The number of amides is 1. The lowest BCUT2D eigenvalue weighted by Crippen LogP contribution is -2.32. The predicted octanol–water partition coefficient (Wildman–Crippen LogP) is 2.84. The van der Waals surface area contributed by atoms with E-state index in [2.05, 4.69) is 10.3 Å². The number of esters is 1. The van der Waals surface area contributed by atoms with Gasteiger partial charge in [-0.1, -0.05) is 12.1 Å². The van der Waals surface area contributed by atoms with Gasteiger partial charge in [-0.25, -0.2) is 4.79 Å². The number of rotatable bonds is 8. The SMILES string of the molecule is COc1ccc2cc(C(=O)OCC(=O)NCCOc3cccc(C)c3)[nH]c2c1. The van der Waals surface area contributed by atoms with Crippen molar-refractivity contribution in [2.75, 3.05) is 26.9 Å². The molecular weight excluding hydrogens is 360 g/mol. The number of aryl methyl sites for hydroxylation is 1. The Bertz CT molecular complexity index is 980. The van der Waals surface area contributed by atoms with Gasteiger partial charge >= 0.3 is 5.97 Å². The zero-order valence-electron chi connectivity index (χ0n) is 15.8. The number of fused-ring (bicyclic) bond motifs is 1. The Balaban J connectivity index is 1.42. The summed E-state index contributed by atoms with van der Waals surface area (Å²) in [7, 11) is 1.57. The Labute approximate surface area is 162 Å². The second kappa shape index (κ2) is 8.94. The first kappa shape index (κ1) is 19.3. The molecule has 2 aromatic carbocycles. The summed E-state index contributed by atoms with van der Waals surface area (Å²) in [5.74, 6) is 0.443. The first-order valence-corrected chi connectivity index (χ1v) is 8.85. The molecule has 1 aromatic heterocycles. The number of aromatic nitrogens is 1. The van der Waals surface area contributed by atoms with E-state index in [1.54, 1.807) is 25.3 Å². The van der Waals surface area contributed by atoms with E-state index in [0.29, 0.717) is 18.9 Å². The van der Waals surface area contributed by atoms with E-state index in [1.165, 1.54) is 0 Å². The minimum Gasteiger partial charge on any atom is -0.497 e. The molecule has 0 bridgehead atoms. The van der Waals surface area contributed by atoms with E-state index in [9.17, 15) is 9.59 Å². The van der Waals surface area contributed by atoms with Crippen LogP contribution in [0, 0.1) is 6.92 Å². The van der Waals surface area contributed by atoms with Crippen LogP contribution in [0.5, 0.6) is 11.5 Å². The van der Waals surface area contributed by atoms with Crippen molar-refractivity contribution in [3.63, 3.8) is 0 Å². The highest BCUT2D eigenvalue weighted by Gasteiger charge is 2.13. The lowest BCUT2D eigenvalue weighted by molar-refractivity contribution is -0.124. The summed E-state index contributed by atoms with van der Waals surface area (Å²) >= 11 is 0. The minimum atomic E-state index is -0.596. The van der Waals surface area contributed by atoms with Gasteiger partial charge in [-0.2, -0.15) is 0 Å². The molecule has 0 unspecified atom stereocenters. The van der Waals surface area contributed by atoms with Gasteiger partial charge in [-0.15, -0.1) is 0 Å². The third-order valence-corrected chi connectivity index (χ3v) is 4.07. The Morgan fingerprint density at radius 3 is 2.71 bits per heavy atom. The molecule has 0 fully saturated rings. The van der Waals surface area contributed by atoms with Crippen LogP contribution in [0.4, 0.5) is 0 Å². The van der Waals surface area contributed by atoms with Crippen molar-refractivity contribution in [2.24, 2.45) is 0 Å². The molecule has 0 aliphatic carbocycles. The molecule has 0 aliphatic rings. The van der Waals surface area contributed by atoms with Gasteiger partial charge in [-0.05, 0) is 42.8 Å². The number of methoxy groups -OCH3 is 1. The quantitative estimate of drug-likeness (QED) is 0.462. The molecule has 0 radical (unpaired) electrons. The van der Waals surface area contributed by atoms with Gasteiger partial charge < -0.3 is 24.5 Å². The minimum absolute atomic E-state index is 0.277. The van der Waals surface area contributed by atoms with Gasteiger partial charge in [0.2, 0.25) is 0 Å². The Morgan fingerprint density at radius 1 is 1.07 bits per heavy atom. The van der Waals surface area contributed by atoms with E-state index in [-0.39, 0.29) is 18.2 Å². The molecule has 0 saturated heterocycles. The predicted molar refractivity (Wildman–Crippen MR) is 105 cm³/mol. The highest BCUT2D eigenvalue weighted by atomic mass is 16.5. The van der Waals surface area contributed by atoms with Gasteiger partial charge in [0.1, 0.15) is 23.8 Å². The lowest BCUT2D eigenvalue weighted by atomic mass is 10.2. The summed E-state index contributed by atoms with van der Waals surface area (Å²) in [6.07, 6.45) is 0. The van der Waals surface area contributed by atoms with Gasteiger partial charge in [0.05, 0.1) is 13.7 Å². The number of carbonyl (C=O) groups is 2. The molecular formula is C21H22N2O5. The van der Waals surface area contributed by atoms with Crippen LogP contribution in [0.25, 0.3) is 10.9 Å².